The van der Waals surface area contributed by atoms with E-state index in [2.05, 4.69) is 10.6 Å². The molecule has 1 aliphatic rings. The van der Waals surface area contributed by atoms with Gasteiger partial charge in [-0.2, -0.15) is 0 Å². The van der Waals surface area contributed by atoms with E-state index in [9.17, 15) is 39.6 Å². The van der Waals surface area contributed by atoms with Gasteiger partial charge in [-0.15, -0.1) is 0 Å². The Morgan fingerprint density at radius 1 is 1.07 bits per heavy atom. The molecule has 0 spiro atoms. The van der Waals surface area contributed by atoms with E-state index in [4.69, 9.17) is 25.1 Å². The Kier molecular flexibility index (Phi) is 13.6. The molecular formula is C27H42N4O12. The van der Waals surface area contributed by atoms with Crippen molar-refractivity contribution < 1.29 is 58.9 Å². The summed E-state index contributed by atoms with van der Waals surface area (Å²) in [5.41, 5.74) is 6.27. The van der Waals surface area contributed by atoms with Crippen LogP contribution in [0.1, 0.15) is 39.2 Å². The Labute approximate surface area is 248 Å². The number of ether oxygens (including phenoxy) is 3. The number of nitrogens with two attached hydrogens (primary N) is 1. The van der Waals surface area contributed by atoms with Gasteiger partial charge in [-0.1, -0.05) is 19.9 Å². The number of carbonyl (C=O) groups is 4. The van der Waals surface area contributed by atoms with Gasteiger partial charge in [-0.05, 0) is 37.0 Å². The summed E-state index contributed by atoms with van der Waals surface area (Å²) >= 11 is 0. The van der Waals surface area contributed by atoms with E-state index in [0.717, 1.165) is 0 Å². The zero-order valence-electron chi connectivity index (χ0n) is 24.5. The molecule has 1 aromatic carbocycles. The number of aliphatic hydroxyl groups is 4. The third-order valence-corrected chi connectivity index (χ3v) is 6.73. The highest BCUT2D eigenvalue weighted by molar-refractivity contribution is 5.98. The van der Waals surface area contributed by atoms with Gasteiger partial charge in [-0.25, -0.2) is 4.79 Å². The number of hydrogen-bond acceptors (Lipinski definition) is 12. The number of benzene rings is 1. The lowest BCUT2D eigenvalue weighted by atomic mass is 9.99. The molecule has 0 aromatic heterocycles. The molecule has 0 radical (unpaired) electrons. The van der Waals surface area contributed by atoms with Crippen LogP contribution in [0.5, 0.6) is 5.75 Å². The molecule has 1 aromatic rings. The Morgan fingerprint density at radius 2 is 1.74 bits per heavy atom. The van der Waals surface area contributed by atoms with Crippen LogP contribution in [-0.4, -0.2) is 117 Å². The van der Waals surface area contributed by atoms with Crippen LogP contribution in [0.3, 0.4) is 0 Å². The predicted octanol–water partition coefficient (Wildman–Crippen LogP) is -1.27. The first-order valence-electron chi connectivity index (χ1n) is 13.7. The van der Waals surface area contributed by atoms with E-state index in [0.29, 0.717) is 5.56 Å². The Balaban J connectivity index is 2.24. The number of carbonyl (C=O) groups excluding carboxylic acids is 3. The average Bonchev–Trinajstić information content (AvgIpc) is 2.96. The van der Waals surface area contributed by atoms with E-state index in [1.807, 2.05) is 0 Å². The molecule has 1 saturated heterocycles. The number of carboxylic acids is 1. The van der Waals surface area contributed by atoms with Crippen molar-refractivity contribution in [2.75, 3.05) is 25.5 Å². The van der Waals surface area contributed by atoms with Crippen LogP contribution in [0.25, 0.3) is 0 Å². The van der Waals surface area contributed by atoms with E-state index < -0.39 is 73.3 Å². The third kappa shape index (κ3) is 10.3. The molecule has 0 unspecified atom stereocenters. The summed E-state index contributed by atoms with van der Waals surface area (Å²) in [6, 6.07) is 2.43. The number of aliphatic carboxylic acids is 1. The average molecular weight is 615 g/mol. The van der Waals surface area contributed by atoms with Crippen molar-refractivity contribution in [3.63, 3.8) is 0 Å². The van der Waals surface area contributed by atoms with Gasteiger partial charge < -0.3 is 61.0 Å². The molecule has 3 amide bonds. The molecule has 0 aliphatic carbocycles. The van der Waals surface area contributed by atoms with Crippen LogP contribution in [0, 0.1) is 5.92 Å². The molecule has 0 bridgehead atoms. The number of carboxylic acid groups (broad SMARTS) is 1. The molecular weight excluding hydrogens is 572 g/mol. The standard InChI is InChI=1S/C27H42N4O12/c1-13(2)20(28)25(39)29-14(3)24(38)30-16-8-7-15(12-41-27(40)31(4)9-5-6-19(33)34)10-17(16)42-26-23(37)22(36)21(35)18(11-32)43-26/h7-8,10,13-14,18,20-23,26,32,35-37H,5-6,9,11-12,28H2,1-4H3,(H,29,39)(H,30,38)(H,33,34)/t14-,18+,20-,21-,22-,23+,26+/m0/s1. The smallest absolute Gasteiger partial charge is 0.409 e. The van der Waals surface area contributed by atoms with Crippen molar-refractivity contribution in [3.05, 3.63) is 23.8 Å². The van der Waals surface area contributed by atoms with Gasteiger partial charge in [0.05, 0.1) is 18.3 Å². The summed E-state index contributed by atoms with van der Waals surface area (Å²) < 4.78 is 16.5. The Morgan fingerprint density at radius 3 is 2.35 bits per heavy atom. The number of nitrogens with zero attached hydrogens (tertiary/aromatic N) is 1. The fraction of sp³-hybridized carbons (Fsp3) is 0.630. The largest absolute Gasteiger partial charge is 0.481 e. The first-order valence-corrected chi connectivity index (χ1v) is 13.7. The maximum absolute atomic E-state index is 12.9. The second kappa shape index (κ2) is 16.3. The van der Waals surface area contributed by atoms with Crippen molar-refractivity contribution >= 4 is 29.6 Å². The van der Waals surface area contributed by atoms with Gasteiger partial charge in [0, 0.05) is 20.0 Å². The van der Waals surface area contributed by atoms with Crippen molar-refractivity contribution in [1.82, 2.24) is 10.2 Å². The molecule has 43 heavy (non-hydrogen) atoms. The number of rotatable bonds is 14. The molecule has 1 fully saturated rings. The minimum atomic E-state index is -1.75. The quantitative estimate of drug-likeness (QED) is 0.122. The summed E-state index contributed by atoms with van der Waals surface area (Å²) in [5.74, 6) is -2.43. The summed E-state index contributed by atoms with van der Waals surface area (Å²) in [6.07, 6.45) is -8.56. The van der Waals surface area contributed by atoms with Gasteiger partial charge in [0.15, 0.2) is 0 Å². The molecule has 1 aliphatic heterocycles. The van der Waals surface area contributed by atoms with Crippen molar-refractivity contribution in [2.45, 2.75) is 83.0 Å². The van der Waals surface area contributed by atoms with E-state index >= 15 is 0 Å². The zero-order chi connectivity index (χ0) is 32.4. The Hall–Kier alpha value is -3.54. The lowest BCUT2D eigenvalue weighted by Gasteiger charge is -2.39. The second-order valence-corrected chi connectivity index (χ2v) is 10.6. The first kappa shape index (κ1) is 35.7. The number of anilines is 1. The molecule has 0 saturated carbocycles. The van der Waals surface area contributed by atoms with Crippen LogP contribution in [0.15, 0.2) is 18.2 Å². The minimum absolute atomic E-state index is 0.0529. The number of aliphatic hydroxyl groups excluding tert-OH is 4. The van der Waals surface area contributed by atoms with Crippen molar-refractivity contribution in [1.29, 1.82) is 0 Å². The van der Waals surface area contributed by atoms with Crippen LogP contribution in [0.2, 0.25) is 0 Å². The molecule has 16 heteroatoms. The van der Waals surface area contributed by atoms with Gasteiger partial charge in [0.1, 0.15) is 42.8 Å². The van der Waals surface area contributed by atoms with Gasteiger partial charge in [0.25, 0.3) is 0 Å². The summed E-state index contributed by atoms with van der Waals surface area (Å²) in [4.78, 5) is 49.5. The van der Waals surface area contributed by atoms with Crippen LogP contribution >= 0.6 is 0 Å². The highest BCUT2D eigenvalue weighted by atomic mass is 16.7. The normalized spacial score (nSPS) is 23.2. The number of amides is 3. The van der Waals surface area contributed by atoms with Crippen molar-refractivity contribution in [2.24, 2.45) is 11.7 Å². The fourth-order valence-corrected chi connectivity index (χ4v) is 3.88. The van der Waals surface area contributed by atoms with Crippen LogP contribution in [-0.2, 0) is 30.5 Å². The summed E-state index contributed by atoms with van der Waals surface area (Å²) in [6.45, 7) is 4.15. The third-order valence-electron chi connectivity index (χ3n) is 6.73. The van der Waals surface area contributed by atoms with Crippen molar-refractivity contribution in [3.8, 4) is 5.75 Å². The Bertz CT molecular complexity index is 1120. The lowest BCUT2D eigenvalue weighted by Crippen LogP contribution is -2.60. The summed E-state index contributed by atoms with van der Waals surface area (Å²) in [7, 11) is 1.45. The molecule has 7 atom stereocenters. The summed E-state index contributed by atoms with van der Waals surface area (Å²) in [5, 5.41) is 54.1. The zero-order valence-corrected chi connectivity index (χ0v) is 24.5. The van der Waals surface area contributed by atoms with Gasteiger partial charge in [-0.3, -0.25) is 14.4 Å². The molecule has 242 valence electrons. The topological polar surface area (TPSA) is 250 Å². The number of hydrogen-bond donors (Lipinski definition) is 8. The van der Waals surface area contributed by atoms with Crippen LogP contribution in [0.4, 0.5) is 10.5 Å². The molecule has 16 nitrogen and oxygen atoms in total. The van der Waals surface area contributed by atoms with Gasteiger partial charge in [0.2, 0.25) is 18.1 Å². The number of nitrogens with one attached hydrogen (secondary N) is 2. The maximum atomic E-state index is 12.9. The maximum Gasteiger partial charge on any atom is 0.409 e. The minimum Gasteiger partial charge on any atom is -0.481 e. The predicted molar refractivity (Wildman–Crippen MR) is 150 cm³/mol. The fourth-order valence-electron chi connectivity index (χ4n) is 3.88. The first-order chi connectivity index (χ1) is 20.2. The lowest BCUT2D eigenvalue weighted by molar-refractivity contribution is -0.277. The molecule has 9 N–H and O–H groups in total. The van der Waals surface area contributed by atoms with E-state index in [1.54, 1.807) is 13.8 Å². The second-order valence-electron chi connectivity index (χ2n) is 10.6. The highest BCUT2D eigenvalue weighted by Gasteiger charge is 2.45. The monoisotopic (exact) mass is 614 g/mol. The van der Waals surface area contributed by atoms with E-state index in [1.165, 1.54) is 37.1 Å². The molecule has 2 rings (SSSR count). The van der Waals surface area contributed by atoms with Gasteiger partial charge >= 0.3 is 12.1 Å². The highest BCUT2D eigenvalue weighted by Crippen LogP contribution is 2.31. The molecule has 1 heterocycles. The van der Waals surface area contributed by atoms with E-state index in [-0.39, 0.29) is 43.3 Å². The van der Waals surface area contributed by atoms with Crippen LogP contribution < -0.4 is 21.1 Å². The SMILES string of the molecule is CC(C)[C@H](N)C(=O)N[C@@H](C)C(=O)Nc1ccc(COC(=O)N(C)CCCC(=O)O)cc1O[C@@H]1O[C@H](CO)[C@H](O)[C@H](O)[C@H]1O.